The third-order valence-electron chi connectivity index (χ3n) is 13.4. The van der Waals surface area contributed by atoms with E-state index in [0.29, 0.717) is 38.6 Å². The third-order valence-corrected chi connectivity index (χ3v) is 13.4. The summed E-state index contributed by atoms with van der Waals surface area (Å²) in [7, 11) is 0. The molecule has 0 unspecified atom stereocenters. The van der Waals surface area contributed by atoms with Crippen LogP contribution in [0.3, 0.4) is 0 Å². The van der Waals surface area contributed by atoms with Crippen LogP contribution in [0.2, 0.25) is 0 Å². The summed E-state index contributed by atoms with van der Waals surface area (Å²) in [5.41, 5.74) is 11.8. The molecular formula is C47H66N6O4. The fourth-order valence-corrected chi connectivity index (χ4v) is 11.3. The Kier molecular flexibility index (Phi) is 10.8. The molecule has 2 aromatic carbocycles. The summed E-state index contributed by atoms with van der Waals surface area (Å²) in [6, 6.07) is 9.28. The van der Waals surface area contributed by atoms with Crippen molar-refractivity contribution in [3.63, 3.8) is 0 Å². The minimum atomic E-state index is -0.511. The van der Waals surface area contributed by atoms with Gasteiger partial charge >= 0.3 is 18.2 Å². The van der Waals surface area contributed by atoms with E-state index in [1.54, 1.807) is 4.90 Å². The first-order valence-electron chi connectivity index (χ1n) is 21.5. The summed E-state index contributed by atoms with van der Waals surface area (Å²) in [5, 5.41) is 3.47. The number of rotatable bonds is 2. The second-order valence-electron chi connectivity index (χ2n) is 18.5. The van der Waals surface area contributed by atoms with Gasteiger partial charge in [0, 0.05) is 49.4 Å². The topological polar surface area (TPSA) is 88.7 Å². The van der Waals surface area contributed by atoms with Gasteiger partial charge in [-0.15, -0.1) is 0 Å². The second-order valence-corrected chi connectivity index (χ2v) is 18.5. The number of fused-ring (bicyclic) bond motifs is 6. The third kappa shape index (κ3) is 7.04. The summed E-state index contributed by atoms with van der Waals surface area (Å²) in [5.74, 6) is 0.572. The number of allylic oxidation sites excluding steroid dienone is 2. The number of carbonyl (C=O) groups is 3. The SMILES string of the molecule is CCN1C(=O)N2Cc3cc(C)cc(C)c3[C@@H](C)C=C2C12CCN(C(=O)OC(C)(C)C)CC2.CCN1C(=O)N2Cc3cc(C)cc(C)c3[C@@H](C)C=C2C12CCNCC2. The van der Waals surface area contributed by atoms with E-state index in [4.69, 9.17) is 4.74 Å². The Bertz CT molecular complexity index is 2000. The summed E-state index contributed by atoms with van der Waals surface area (Å²) >= 11 is 0. The molecule has 57 heavy (non-hydrogen) atoms. The normalized spacial score (nSPS) is 23.5. The molecule has 2 spiro atoms. The molecule has 6 aliphatic heterocycles. The van der Waals surface area contributed by atoms with Crippen LogP contribution < -0.4 is 5.32 Å². The van der Waals surface area contributed by atoms with Crippen LogP contribution in [0.25, 0.3) is 0 Å². The molecule has 0 aromatic heterocycles. The van der Waals surface area contributed by atoms with Crippen molar-refractivity contribution in [3.8, 4) is 0 Å². The lowest BCUT2D eigenvalue weighted by Gasteiger charge is -2.44. The average Bonchev–Trinajstić information content (AvgIpc) is 3.29. The van der Waals surface area contributed by atoms with Gasteiger partial charge in [0.15, 0.2) is 0 Å². The maximum Gasteiger partial charge on any atom is 0.410 e. The Labute approximate surface area is 341 Å². The molecule has 2 aromatic rings. The fraction of sp³-hybridized carbons (Fsp3) is 0.596. The average molecular weight is 779 g/mol. The Morgan fingerprint density at radius 3 is 1.54 bits per heavy atom. The Morgan fingerprint density at radius 1 is 0.719 bits per heavy atom. The zero-order valence-corrected chi connectivity index (χ0v) is 36.5. The Balaban J connectivity index is 0.000000179. The van der Waals surface area contributed by atoms with Crippen LogP contribution in [-0.4, -0.2) is 98.6 Å². The largest absolute Gasteiger partial charge is 0.444 e. The lowest BCUT2D eigenvalue weighted by Crippen LogP contribution is -2.55. The van der Waals surface area contributed by atoms with Crippen LogP contribution in [0.15, 0.2) is 47.8 Å². The maximum atomic E-state index is 13.6. The molecular weight excluding hydrogens is 713 g/mol. The minimum Gasteiger partial charge on any atom is -0.444 e. The predicted octanol–water partition coefficient (Wildman–Crippen LogP) is 9.02. The van der Waals surface area contributed by atoms with Gasteiger partial charge in [-0.1, -0.05) is 61.4 Å². The highest BCUT2D eigenvalue weighted by Gasteiger charge is 2.56. The predicted molar refractivity (Wildman–Crippen MR) is 226 cm³/mol. The highest BCUT2D eigenvalue weighted by Crippen LogP contribution is 2.49. The molecule has 0 bridgehead atoms. The molecule has 6 heterocycles. The lowest BCUT2D eigenvalue weighted by atomic mass is 9.82. The van der Waals surface area contributed by atoms with E-state index >= 15 is 0 Å². The first kappa shape index (κ1) is 40.9. The summed E-state index contributed by atoms with van der Waals surface area (Å²) in [4.78, 5) is 49.5. The molecule has 4 saturated heterocycles. The zero-order chi connectivity index (χ0) is 41.2. The number of piperidine rings is 2. The first-order valence-corrected chi connectivity index (χ1v) is 21.5. The van der Waals surface area contributed by atoms with Crippen LogP contribution in [0, 0.1) is 27.7 Å². The van der Waals surface area contributed by atoms with Gasteiger partial charge in [-0.3, -0.25) is 9.80 Å². The Morgan fingerprint density at radius 2 is 1.14 bits per heavy atom. The lowest BCUT2D eigenvalue weighted by molar-refractivity contribution is 0.0113. The van der Waals surface area contributed by atoms with Crippen molar-refractivity contribution in [1.82, 2.24) is 29.8 Å². The van der Waals surface area contributed by atoms with Crippen LogP contribution in [0.1, 0.15) is 130 Å². The minimum absolute atomic E-state index is 0.0867. The van der Waals surface area contributed by atoms with Gasteiger partial charge in [-0.05, 0) is 134 Å². The molecule has 0 radical (unpaired) electrons. The van der Waals surface area contributed by atoms with Gasteiger partial charge in [0.25, 0.3) is 0 Å². The van der Waals surface area contributed by atoms with Crippen molar-refractivity contribution >= 4 is 18.2 Å². The molecule has 2 atom stereocenters. The van der Waals surface area contributed by atoms with E-state index in [-0.39, 0.29) is 35.2 Å². The highest BCUT2D eigenvalue weighted by atomic mass is 16.6. The number of likely N-dealkylation sites (tertiary alicyclic amines) is 1. The number of amides is 5. The first-order chi connectivity index (χ1) is 26.9. The smallest absolute Gasteiger partial charge is 0.410 e. The molecule has 1 N–H and O–H groups in total. The second kappa shape index (κ2) is 15.1. The fourth-order valence-electron chi connectivity index (χ4n) is 11.3. The van der Waals surface area contributed by atoms with Crippen molar-refractivity contribution < 1.29 is 19.1 Å². The van der Waals surface area contributed by atoms with Gasteiger partial charge in [0.2, 0.25) is 0 Å². The number of aryl methyl sites for hydroxylation is 4. The molecule has 308 valence electrons. The van der Waals surface area contributed by atoms with E-state index in [0.717, 1.165) is 51.0 Å². The van der Waals surface area contributed by atoms with Gasteiger partial charge in [0.1, 0.15) is 5.60 Å². The maximum absolute atomic E-state index is 13.6. The van der Waals surface area contributed by atoms with Gasteiger partial charge in [-0.25, -0.2) is 14.4 Å². The molecule has 0 saturated carbocycles. The van der Waals surface area contributed by atoms with E-state index < -0.39 is 5.60 Å². The van der Waals surface area contributed by atoms with E-state index in [1.165, 1.54) is 50.2 Å². The molecule has 4 fully saturated rings. The molecule has 8 rings (SSSR count). The van der Waals surface area contributed by atoms with Crippen molar-refractivity contribution in [2.24, 2.45) is 0 Å². The van der Waals surface area contributed by atoms with Crippen LogP contribution in [-0.2, 0) is 17.8 Å². The summed E-state index contributed by atoms with van der Waals surface area (Å²) in [6.07, 6.45) is 7.91. The Hall–Kier alpha value is -4.31. The van der Waals surface area contributed by atoms with Crippen molar-refractivity contribution in [3.05, 3.63) is 92.3 Å². The quantitative estimate of drug-likeness (QED) is 0.329. The number of benzene rings is 2. The monoisotopic (exact) mass is 779 g/mol. The molecule has 0 aliphatic carbocycles. The van der Waals surface area contributed by atoms with Gasteiger partial charge in [-0.2, -0.15) is 0 Å². The van der Waals surface area contributed by atoms with Crippen molar-refractivity contribution in [2.75, 3.05) is 39.3 Å². The molecule has 5 amide bonds. The molecule has 6 aliphatic rings. The van der Waals surface area contributed by atoms with Crippen LogP contribution >= 0.6 is 0 Å². The number of hydrogen-bond acceptors (Lipinski definition) is 5. The number of ether oxygens (including phenoxy) is 1. The number of carbonyl (C=O) groups excluding carboxylic acids is 3. The number of nitrogens with zero attached hydrogens (tertiary/aromatic N) is 5. The molecule has 10 nitrogen and oxygen atoms in total. The number of hydrogen-bond donors (Lipinski definition) is 1. The van der Waals surface area contributed by atoms with Crippen molar-refractivity contribution in [2.45, 2.75) is 143 Å². The standard InChI is InChI=1S/C26H37N3O3.C21H29N3O/c1-8-29-23(30)28-16-20-14-17(2)13-18(3)22(20)19(4)15-21(28)26(29)9-11-27(12-10-26)24(31)32-25(5,6)7;1-5-24-20(25)23-13-17-11-14(2)10-15(3)19(17)16(4)12-18(23)21(24)6-8-22-9-7-21/h13-15,19H,8-12,16H2,1-7H3;10-12,16,22H,5-9,13H2,1-4H3/t19-;16-/m00/s1. The number of urea groups is 2. The van der Waals surface area contributed by atoms with Crippen molar-refractivity contribution in [1.29, 1.82) is 0 Å². The number of likely N-dealkylation sites (N-methyl/N-ethyl adjacent to an activating group) is 2. The molecule has 10 heteroatoms. The van der Waals surface area contributed by atoms with Gasteiger partial charge < -0.3 is 24.8 Å². The van der Waals surface area contributed by atoms with E-state index in [2.05, 4.69) is 107 Å². The van der Waals surface area contributed by atoms with Crippen LogP contribution in [0.4, 0.5) is 14.4 Å². The summed E-state index contributed by atoms with van der Waals surface area (Å²) in [6.45, 7) is 28.9. The zero-order valence-electron chi connectivity index (χ0n) is 36.5. The van der Waals surface area contributed by atoms with E-state index in [9.17, 15) is 14.4 Å². The highest BCUT2D eigenvalue weighted by molar-refractivity contribution is 5.84. The van der Waals surface area contributed by atoms with E-state index in [1.807, 2.05) is 30.6 Å². The van der Waals surface area contributed by atoms with Crippen LogP contribution in [0.5, 0.6) is 0 Å². The van der Waals surface area contributed by atoms with Gasteiger partial charge in [0.05, 0.1) is 24.2 Å². The summed E-state index contributed by atoms with van der Waals surface area (Å²) < 4.78 is 5.59. The number of nitrogens with one attached hydrogen (secondary N) is 1.